The van der Waals surface area contributed by atoms with Gasteiger partial charge in [-0.15, -0.1) is 6.58 Å². The molecule has 0 atom stereocenters. The normalized spacial score (nSPS) is 9.42. The van der Waals surface area contributed by atoms with E-state index in [1.807, 2.05) is 37.3 Å². The third-order valence-electron chi connectivity index (χ3n) is 1.67. The van der Waals surface area contributed by atoms with Crippen LogP contribution < -0.4 is 4.74 Å². The third-order valence-corrected chi connectivity index (χ3v) is 1.67. The van der Waals surface area contributed by atoms with Crippen LogP contribution in [0, 0.1) is 6.92 Å². The smallest absolute Gasteiger partial charge is 0.122 e. The minimum absolute atomic E-state index is 0.717. The van der Waals surface area contributed by atoms with Crippen LogP contribution in [0.25, 0.3) is 0 Å². The molecule has 0 spiro atoms. The van der Waals surface area contributed by atoms with Crippen LogP contribution in [0.5, 0.6) is 5.75 Å². The monoisotopic (exact) mass is 162 g/mol. The SMILES string of the molecule is C=CCCOc1ccccc1C. The van der Waals surface area contributed by atoms with Crippen LogP contribution in [-0.4, -0.2) is 6.61 Å². The van der Waals surface area contributed by atoms with Crippen LogP contribution >= 0.6 is 0 Å². The lowest BCUT2D eigenvalue weighted by molar-refractivity contribution is 0.323. The van der Waals surface area contributed by atoms with Gasteiger partial charge in [-0.2, -0.15) is 0 Å². The molecule has 0 bridgehead atoms. The maximum Gasteiger partial charge on any atom is 0.122 e. The van der Waals surface area contributed by atoms with E-state index in [0.717, 1.165) is 12.2 Å². The van der Waals surface area contributed by atoms with E-state index in [0.29, 0.717) is 6.61 Å². The van der Waals surface area contributed by atoms with E-state index in [9.17, 15) is 0 Å². The zero-order valence-corrected chi connectivity index (χ0v) is 7.42. The molecule has 0 unspecified atom stereocenters. The van der Waals surface area contributed by atoms with Gasteiger partial charge in [-0.1, -0.05) is 24.3 Å². The van der Waals surface area contributed by atoms with Gasteiger partial charge in [-0.25, -0.2) is 0 Å². The van der Waals surface area contributed by atoms with Gasteiger partial charge in [0, 0.05) is 0 Å². The van der Waals surface area contributed by atoms with Crippen LogP contribution in [0.4, 0.5) is 0 Å². The number of benzene rings is 1. The van der Waals surface area contributed by atoms with Crippen molar-refractivity contribution in [2.45, 2.75) is 13.3 Å². The van der Waals surface area contributed by atoms with E-state index in [-0.39, 0.29) is 0 Å². The number of rotatable bonds is 4. The number of ether oxygens (including phenoxy) is 1. The Morgan fingerprint density at radius 1 is 1.42 bits per heavy atom. The van der Waals surface area contributed by atoms with Gasteiger partial charge in [0.05, 0.1) is 6.61 Å². The highest BCUT2D eigenvalue weighted by atomic mass is 16.5. The molecule has 64 valence electrons. The van der Waals surface area contributed by atoms with Gasteiger partial charge < -0.3 is 4.74 Å². The molecule has 0 radical (unpaired) electrons. The Morgan fingerprint density at radius 3 is 2.83 bits per heavy atom. The first kappa shape index (κ1) is 8.85. The maximum absolute atomic E-state index is 5.51. The van der Waals surface area contributed by atoms with Crippen LogP contribution in [0.2, 0.25) is 0 Å². The number of hydrogen-bond acceptors (Lipinski definition) is 1. The molecule has 0 aromatic heterocycles. The van der Waals surface area contributed by atoms with Gasteiger partial charge in [-0.05, 0) is 25.0 Å². The summed E-state index contributed by atoms with van der Waals surface area (Å²) in [7, 11) is 0. The van der Waals surface area contributed by atoms with Crippen molar-refractivity contribution >= 4 is 0 Å². The summed E-state index contributed by atoms with van der Waals surface area (Å²) in [6.07, 6.45) is 2.76. The van der Waals surface area contributed by atoms with Crippen molar-refractivity contribution in [3.8, 4) is 5.75 Å². The first-order valence-electron chi connectivity index (χ1n) is 4.14. The first-order valence-corrected chi connectivity index (χ1v) is 4.14. The van der Waals surface area contributed by atoms with Crippen LogP contribution in [0.1, 0.15) is 12.0 Å². The van der Waals surface area contributed by atoms with E-state index >= 15 is 0 Å². The molecule has 0 saturated heterocycles. The molecular weight excluding hydrogens is 148 g/mol. The van der Waals surface area contributed by atoms with E-state index in [1.165, 1.54) is 5.56 Å². The predicted molar refractivity (Wildman–Crippen MR) is 51.5 cm³/mol. The molecule has 0 aliphatic rings. The summed E-state index contributed by atoms with van der Waals surface area (Å²) in [5, 5.41) is 0. The molecule has 0 aliphatic heterocycles. The Balaban J connectivity index is 2.51. The average Bonchev–Trinajstić information content (AvgIpc) is 2.09. The fourth-order valence-corrected chi connectivity index (χ4v) is 0.971. The van der Waals surface area contributed by atoms with E-state index in [1.54, 1.807) is 0 Å². The maximum atomic E-state index is 5.51. The van der Waals surface area contributed by atoms with E-state index < -0.39 is 0 Å². The molecule has 0 aliphatic carbocycles. The Morgan fingerprint density at radius 2 is 2.17 bits per heavy atom. The number of aryl methyl sites for hydroxylation is 1. The Kier molecular flexibility index (Phi) is 3.39. The van der Waals surface area contributed by atoms with Gasteiger partial charge in [0.1, 0.15) is 5.75 Å². The molecule has 1 rings (SSSR count). The summed E-state index contributed by atoms with van der Waals surface area (Å²) in [5.74, 6) is 0.972. The predicted octanol–water partition coefficient (Wildman–Crippen LogP) is 2.95. The molecule has 1 aromatic rings. The zero-order chi connectivity index (χ0) is 8.81. The average molecular weight is 162 g/mol. The summed E-state index contributed by atoms with van der Waals surface area (Å²) < 4.78 is 5.51. The molecule has 1 aromatic carbocycles. The van der Waals surface area contributed by atoms with Crippen molar-refractivity contribution in [3.05, 3.63) is 42.5 Å². The van der Waals surface area contributed by atoms with Crippen molar-refractivity contribution in [1.82, 2.24) is 0 Å². The second kappa shape index (κ2) is 4.60. The summed E-state index contributed by atoms with van der Waals surface area (Å²) in [5.41, 5.74) is 1.18. The molecule has 0 fully saturated rings. The molecule has 0 heterocycles. The van der Waals surface area contributed by atoms with Crippen molar-refractivity contribution < 1.29 is 4.74 Å². The summed E-state index contributed by atoms with van der Waals surface area (Å²) in [4.78, 5) is 0. The van der Waals surface area contributed by atoms with Crippen molar-refractivity contribution in [2.24, 2.45) is 0 Å². The molecule has 0 amide bonds. The molecule has 12 heavy (non-hydrogen) atoms. The third kappa shape index (κ3) is 2.42. The van der Waals surface area contributed by atoms with Gasteiger partial charge in [0.15, 0.2) is 0 Å². The standard InChI is InChI=1S/C11H14O/c1-3-4-9-12-11-8-6-5-7-10(11)2/h3,5-8H,1,4,9H2,2H3. The molecule has 1 nitrogen and oxygen atoms in total. The Bertz CT molecular complexity index is 253. The van der Waals surface area contributed by atoms with E-state index in [4.69, 9.17) is 4.74 Å². The fraction of sp³-hybridized carbons (Fsp3) is 0.273. The van der Waals surface area contributed by atoms with Crippen LogP contribution in [0.15, 0.2) is 36.9 Å². The lowest BCUT2D eigenvalue weighted by Gasteiger charge is -2.06. The van der Waals surface area contributed by atoms with Gasteiger partial charge in [0.2, 0.25) is 0 Å². The second-order valence-corrected chi connectivity index (χ2v) is 2.69. The number of hydrogen-bond donors (Lipinski definition) is 0. The summed E-state index contributed by atoms with van der Waals surface area (Å²) in [6.45, 7) is 6.40. The summed E-state index contributed by atoms with van der Waals surface area (Å²) in [6, 6.07) is 8.02. The van der Waals surface area contributed by atoms with Crippen molar-refractivity contribution in [3.63, 3.8) is 0 Å². The largest absolute Gasteiger partial charge is 0.493 e. The molecule has 1 heteroatoms. The molecule has 0 saturated carbocycles. The highest BCUT2D eigenvalue weighted by molar-refractivity contribution is 5.31. The Hall–Kier alpha value is -1.24. The number of para-hydroxylation sites is 1. The molecular formula is C11H14O. The highest BCUT2D eigenvalue weighted by Crippen LogP contribution is 2.15. The first-order chi connectivity index (χ1) is 5.84. The zero-order valence-electron chi connectivity index (χ0n) is 7.42. The fourth-order valence-electron chi connectivity index (χ4n) is 0.971. The highest BCUT2D eigenvalue weighted by Gasteiger charge is 1.94. The van der Waals surface area contributed by atoms with Crippen molar-refractivity contribution in [1.29, 1.82) is 0 Å². The minimum atomic E-state index is 0.717. The quantitative estimate of drug-likeness (QED) is 0.488. The lowest BCUT2D eigenvalue weighted by Crippen LogP contribution is -1.96. The van der Waals surface area contributed by atoms with Gasteiger partial charge in [-0.3, -0.25) is 0 Å². The van der Waals surface area contributed by atoms with Gasteiger partial charge >= 0.3 is 0 Å². The molecule has 0 N–H and O–H groups in total. The van der Waals surface area contributed by atoms with Crippen molar-refractivity contribution in [2.75, 3.05) is 6.61 Å². The lowest BCUT2D eigenvalue weighted by atomic mass is 10.2. The van der Waals surface area contributed by atoms with Gasteiger partial charge in [0.25, 0.3) is 0 Å². The van der Waals surface area contributed by atoms with Crippen LogP contribution in [-0.2, 0) is 0 Å². The van der Waals surface area contributed by atoms with E-state index in [2.05, 4.69) is 6.58 Å². The minimum Gasteiger partial charge on any atom is -0.493 e. The topological polar surface area (TPSA) is 9.23 Å². The van der Waals surface area contributed by atoms with Crippen LogP contribution in [0.3, 0.4) is 0 Å². The summed E-state index contributed by atoms with van der Waals surface area (Å²) >= 11 is 0. The Labute approximate surface area is 73.7 Å². The second-order valence-electron chi connectivity index (χ2n) is 2.69.